The van der Waals surface area contributed by atoms with Crippen LogP contribution in [0.3, 0.4) is 0 Å². The van der Waals surface area contributed by atoms with Crippen LogP contribution in [0.15, 0.2) is 18.2 Å². The monoisotopic (exact) mass is 289 g/mol. The Morgan fingerprint density at radius 2 is 2.19 bits per heavy atom. The molecule has 2 aromatic rings. The molecule has 1 saturated heterocycles. The first-order valence-electron chi connectivity index (χ1n) is 7.16. The predicted molar refractivity (Wildman–Crippen MR) is 78.2 cm³/mol. The number of anilines is 1. The van der Waals surface area contributed by atoms with E-state index >= 15 is 0 Å². The number of pyridine rings is 1. The van der Waals surface area contributed by atoms with Gasteiger partial charge in [0.05, 0.1) is 13.2 Å². The molecule has 7 nitrogen and oxygen atoms in total. The first-order valence-corrected chi connectivity index (χ1v) is 7.16. The minimum absolute atomic E-state index is 0.144. The fourth-order valence-corrected chi connectivity index (χ4v) is 2.36. The van der Waals surface area contributed by atoms with Gasteiger partial charge in [0, 0.05) is 31.7 Å². The number of carbonyl (C=O) groups is 1. The van der Waals surface area contributed by atoms with Crippen LogP contribution in [-0.2, 0) is 9.53 Å². The van der Waals surface area contributed by atoms with Crippen molar-refractivity contribution in [3.8, 4) is 0 Å². The zero-order valence-corrected chi connectivity index (χ0v) is 12.1. The number of rotatable bonds is 4. The summed E-state index contributed by atoms with van der Waals surface area (Å²) in [4.78, 5) is 18.2. The topological polar surface area (TPSA) is 71.8 Å². The van der Waals surface area contributed by atoms with Crippen molar-refractivity contribution in [3.05, 3.63) is 23.9 Å². The van der Waals surface area contributed by atoms with Crippen LogP contribution in [-0.4, -0.2) is 58.3 Å². The highest BCUT2D eigenvalue weighted by atomic mass is 16.5. The third kappa shape index (κ3) is 3.13. The molecule has 0 radical (unpaired) electrons. The molecule has 1 amide bonds. The summed E-state index contributed by atoms with van der Waals surface area (Å²) in [5.74, 6) is 0.699. The second-order valence-corrected chi connectivity index (χ2v) is 5.04. The lowest BCUT2D eigenvalue weighted by molar-refractivity contribution is -0.134. The Labute approximate surface area is 122 Å². The fraction of sp³-hybridized carbons (Fsp3) is 0.500. The van der Waals surface area contributed by atoms with E-state index in [1.807, 2.05) is 30.0 Å². The fourth-order valence-electron chi connectivity index (χ4n) is 2.36. The molecular formula is C14H19N5O2. The molecule has 1 aliphatic heterocycles. The van der Waals surface area contributed by atoms with Crippen molar-refractivity contribution >= 4 is 17.5 Å². The van der Waals surface area contributed by atoms with Crippen molar-refractivity contribution < 1.29 is 9.53 Å². The number of hydrogen-bond donors (Lipinski definition) is 1. The zero-order valence-electron chi connectivity index (χ0n) is 12.1. The van der Waals surface area contributed by atoms with Crippen LogP contribution in [0.2, 0.25) is 0 Å². The van der Waals surface area contributed by atoms with E-state index in [0.29, 0.717) is 45.2 Å². The van der Waals surface area contributed by atoms with Crippen LogP contribution in [0.1, 0.15) is 12.1 Å². The van der Waals surface area contributed by atoms with Crippen LogP contribution in [0.5, 0.6) is 0 Å². The number of aromatic nitrogens is 3. The average molecular weight is 289 g/mol. The van der Waals surface area contributed by atoms with E-state index in [1.165, 1.54) is 0 Å². The third-order valence-corrected chi connectivity index (χ3v) is 3.53. The van der Waals surface area contributed by atoms with Gasteiger partial charge in [-0.2, -0.15) is 4.98 Å². The average Bonchev–Trinajstić information content (AvgIpc) is 2.92. The van der Waals surface area contributed by atoms with Crippen molar-refractivity contribution in [2.24, 2.45) is 0 Å². The summed E-state index contributed by atoms with van der Waals surface area (Å²) in [5, 5.41) is 7.48. The number of aryl methyl sites for hydroxylation is 1. The molecular weight excluding hydrogens is 270 g/mol. The molecule has 1 aliphatic rings. The van der Waals surface area contributed by atoms with Gasteiger partial charge in [0.1, 0.15) is 0 Å². The van der Waals surface area contributed by atoms with Gasteiger partial charge in [-0.25, -0.2) is 4.52 Å². The standard InChI is InChI=1S/C14H19N5O2/c1-11-3-2-4-12-16-14(17-19(11)12)15-6-5-13(20)18-7-9-21-10-8-18/h2-4H,5-10H2,1H3,(H,15,17). The number of nitrogens with one attached hydrogen (secondary N) is 1. The van der Waals surface area contributed by atoms with Gasteiger partial charge in [0.2, 0.25) is 11.9 Å². The van der Waals surface area contributed by atoms with Gasteiger partial charge in [-0.15, -0.1) is 5.10 Å². The molecule has 7 heteroatoms. The Kier molecular flexibility index (Phi) is 4.01. The molecule has 0 spiro atoms. The number of carbonyl (C=O) groups excluding carboxylic acids is 1. The first-order chi connectivity index (χ1) is 10.2. The molecule has 0 aromatic carbocycles. The highest BCUT2D eigenvalue weighted by molar-refractivity contribution is 5.76. The molecule has 0 aliphatic carbocycles. The van der Waals surface area contributed by atoms with E-state index in [9.17, 15) is 4.79 Å². The second-order valence-electron chi connectivity index (χ2n) is 5.04. The number of morpholine rings is 1. The number of fused-ring (bicyclic) bond motifs is 1. The Bertz CT molecular complexity index is 633. The molecule has 2 aromatic heterocycles. The quantitative estimate of drug-likeness (QED) is 0.897. The minimum atomic E-state index is 0.144. The zero-order chi connectivity index (χ0) is 14.7. The predicted octanol–water partition coefficient (Wildman–Crippen LogP) is 0.699. The van der Waals surface area contributed by atoms with Crippen LogP contribution in [0.4, 0.5) is 5.95 Å². The van der Waals surface area contributed by atoms with E-state index in [1.54, 1.807) is 4.52 Å². The maximum absolute atomic E-state index is 12.0. The normalized spacial score (nSPS) is 15.4. The van der Waals surface area contributed by atoms with Crippen molar-refractivity contribution in [3.63, 3.8) is 0 Å². The molecule has 21 heavy (non-hydrogen) atoms. The summed E-state index contributed by atoms with van der Waals surface area (Å²) in [5.41, 5.74) is 1.83. The van der Waals surface area contributed by atoms with Gasteiger partial charge in [-0.05, 0) is 19.1 Å². The first kappa shape index (κ1) is 13.8. The minimum Gasteiger partial charge on any atom is -0.378 e. The van der Waals surface area contributed by atoms with Crippen molar-refractivity contribution in [2.45, 2.75) is 13.3 Å². The highest BCUT2D eigenvalue weighted by Gasteiger charge is 2.16. The Balaban J connectivity index is 1.54. The molecule has 3 heterocycles. The molecule has 0 saturated carbocycles. The summed E-state index contributed by atoms with van der Waals surface area (Å²) in [6.45, 7) is 5.15. The summed E-state index contributed by atoms with van der Waals surface area (Å²) in [7, 11) is 0. The van der Waals surface area contributed by atoms with Crippen LogP contribution in [0, 0.1) is 6.92 Å². The van der Waals surface area contributed by atoms with Gasteiger partial charge in [-0.3, -0.25) is 4.79 Å². The summed E-state index contributed by atoms with van der Waals surface area (Å²) >= 11 is 0. The van der Waals surface area contributed by atoms with Crippen LogP contribution >= 0.6 is 0 Å². The maximum atomic E-state index is 12.0. The number of ether oxygens (including phenoxy) is 1. The molecule has 0 atom stereocenters. The summed E-state index contributed by atoms with van der Waals surface area (Å²) in [6.07, 6.45) is 0.439. The van der Waals surface area contributed by atoms with Gasteiger partial charge < -0.3 is 15.0 Å². The molecule has 3 rings (SSSR count). The van der Waals surface area contributed by atoms with Gasteiger partial charge in [-0.1, -0.05) is 6.07 Å². The van der Waals surface area contributed by atoms with Crippen LogP contribution < -0.4 is 5.32 Å². The summed E-state index contributed by atoms with van der Waals surface area (Å²) in [6, 6.07) is 5.84. The lowest BCUT2D eigenvalue weighted by atomic mass is 10.3. The lowest BCUT2D eigenvalue weighted by Gasteiger charge is -2.26. The summed E-state index contributed by atoms with van der Waals surface area (Å²) < 4.78 is 7.02. The molecule has 0 unspecified atom stereocenters. The molecule has 1 N–H and O–H groups in total. The van der Waals surface area contributed by atoms with Gasteiger partial charge in [0.25, 0.3) is 0 Å². The Hall–Kier alpha value is -2.15. The van der Waals surface area contributed by atoms with E-state index in [0.717, 1.165) is 11.3 Å². The third-order valence-electron chi connectivity index (χ3n) is 3.53. The van der Waals surface area contributed by atoms with E-state index in [2.05, 4.69) is 15.4 Å². The number of amides is 1. The van der Waals surface area contributed by atoms with Gasteiger partial charge >= 0.3 is 0 Å². The second kappa shape index (κ2) is 6.09. The largest absolute Gasteiger partial charge is 0.378 e. The van der Waals surface area contributed by atoms with Crippen molar-refractivity contribution in [1.29, 1.82) is 0 Å². The van der Waals surface area contributed by atoms with Crippen LogP contribution in [0.25, 0.3) is 5.65 Å². The van der Waals surface area contributed by atoms with Crippen molar-refractivity contribution in [1.82, 2.24) is 19.5 Å². The van der Waals surface area contributed by atoms with E-state index in [-0.39, 0.29) is 5.91 Å². The SMILES string of the molecule is Cc1cccc2nc(NCCC(=O)N3CCOCC3)nn12. The molecule has 0 bridgehead atoms. The molecule has 1 fully saturated rings. The number of hydrogen-bond acceptors (Lipinski definition) is 5. The number of nitrogens with zero attached hydrogens (tertiary/aromatic N) is 4. The van der Waals surface area contributed by atoms with Crippen molar-refractivity contribution in [2.75, 3.05) is 38.2 Å². The Morgan fingerprint density at radius 1 is 1.38 bits per heavy atom. The van der Waals surface area contributed by atoms with E-state index in [4.69, 9.17) is 4.74 Å². The smallest absolute Gasteiger partial charge is 0.243 e. The molecule has 112 valence electrons. The lowest BCUT2D eigenvalue weighted by Crippen LogP contribution is -2.41. The van der Waals surface area contributed by atoms with E-state index < -0.39 is 0 Å². The maximum Gasteiger partial charge on any atom is 0.243 e. The van der Waals surface area contributed by atoms with Gasteiger partial charge in [0.15, 0.2) is 5.65 Å². The highest BCUT2D eigenvalue weighted by Crippen LogP contribution is 2.08. The Morgan fingerprint density at radius 3 is 2.95 bits per heavy atom.